The molecule has 2 rings (SSSR count). The van der Waals surface area contributed by atoms with Gasteiger partial charge >= 0.3 is 0 Å². The summed E-state index contributed by atoms with van der Waals surface area (Å²) in [5.41, 5.74) is 3.16. The molecule has 1 N–H and O–H groups in total. The predicted octanol–water partition coefficient (Wildman–Crippen LogP) is 7.83. The van der Waals surface area contributed by atoms with Crippen LogP contribution in [0.25, 0.3) is 0 Å². The van der Waals surface area contributed by atoms with Crippen molar-refractivity contribution in [3.63, 3.8) is 0 Å². The Morgan fingerprint density at radius 3 is 2.26 bits per heavy atom. The van der Waals surface area contributed by atoms with Gasteiger partial charge in [-0.1, -0.05) is 38.7 Å². The Morgan fingerprint density at radius 1 is 1.03 bits per heavy atom. The van der Waals surface area contributed by atoms with Gasteiger partial charge in [-0.2, -0.15) is 8.42 Å². The molecule has 6 heteroatoms. The summed E-state index contributed by atoms with van der Waals surface area (Å²) in [5, 5.41) is 0. The molecule has 0 aliphatic carbocycles. The maximum atomic E-state index is 11.9. The van der Waals surface area contributed by atoms with Crippen LogP contribution in [0.4, 0.5) is 0 Å². The Balaban J connectivity index is 2.22. The van der Waals surface area contributed by atoms with E-state index in [9.17, 15) is 13.0 Å². The smallest absolute Gasteiger partial charge is 0.270 e. The first-order valence-electron chi connectivity index (χ1n) is 13.2. The number of ether oxygens (including phenoxy) is 2. The van der Waals surface area contributed by atoms with Crippen LogP contribution in [0, 0.1) is 20.8 Å². The number of hydrogen-bond donors (Lipinski definition) is 1. The summed E-state index contributed by atoms with van der Waals surface area (Å²) in [6.45, 7) is 17.4. The summed E-state index contributed by atoms with van der Waals surface area (Å²) in [6, 6.07) is 0. The summed E-state index contributed by atoms with van der Waals surface area (Å²) in [4.78, 5) is 0. The van der Waals surface area contributed by atoms with Crippen molar-refractivity contribution in [3.05, 3.63) is 34.4 Å². The van der Waals surface area contributed by atoms with Crippen molar-refractivity contribution in [2.45, 2.75) is 136 Å². The third-order valence-electron chi connectivity index (χ3n) is 7.39. The van der Waals surface area contributed by atoms with Crippen LogP contribution in [0.1, 0.15) is 115 Å². The molecule has 200 valence electrons. The van der Waals surface area contributed by atoms with Crippen molar-refractivity contribution in [1.82, 2.24) is 0 Å². The van der Waals surface area contributed by atoms with Gasteiger partial charge in [-0.3, -0.25) is 4.55 Å². The number of allylic oxidation sites excluding steroid dienone is 1. The van der Waals surface area contributed by atoms with E-state index in [-0.39, 0.29) is 12.0 Å². The largest absolute Gasteiger partial charge is 0.487 e. The highest BCUT2D eigenvalue weighted by Crippen LogP contribution is 2.45. The Bertz CT molecular complexity index is 1020. The monoisotopic (exact) mass is 508 g/mol. The number of unbranched alkanes of at least 4 members (excludes halogenated alkanes) is 5. The van der Waals surface area contributed by atoms with Gasteiger partial charge < -0.3 is 9.47 Å². The van der Waals surface area contributed by atoms with E-state index in [1.807, 2.05) is 20.8 Å². The topological polar surface area (TPSA) is 72.8 Å². The van der Waals surface area contributed by atoms with E-state index in [4.69, 9.17) is 9.47 Å². The van der Waals surface area contributed by atoms with E-state index in [1.165, 1.54) is 51.5 Å². The zero-order valence-corrected chi connectivity index (χ0v) is 24.3. The zero-order chi connectivity index (χ0) is 26.7. The molecule has 0 radical (unpaired) electrons. The maximum absolute atomic E-state index is 11.9. The van der Waals surface area contributed by atoms with Gasteiger partial charge in [0.25, 0.3) is 10.1 Å². The van der Waals surface area contributed by atoms with E-state index in [1.54, 1.807) is 0 Å². The lowest BCUT2D eigenvalue weighted by molar-refractivity contribution is 0.0837. The molecule has 1 unspecified atom stereocenters. The minimum Gasteiger partial charge on any atom is -0.487 e. The molecule has 0 saturated heterocycles. The SMILES string of the molecule is CCCCCCCC=CC1(C)CCc2c(C)c(OC(C)(C)CC(C)(C)S(=O)(=O)O)c(C)c(C)c2O1. The fourth-order valence-corrected chi connectivity index (χ4v) is 5.68. The van der Waals surface area contributed by atoms with Gasteiger partial charge in [-0.15, -0.1) is 0 Å². The van der Waals surface area contributed by atoms with Crippen molar-refractivity contribution in [2.75, 3.05) is 0 Å². The Morgan fingerprint density at radius 2 is 1.66 bits per heavy atom. The Hall–Kier alpha value is -1.53. The molecule has 0 aromatic heterocycles. The van der Waals surface area contributed by atoms with Gasteiger partial charge in [-0.05, 0) is 104 Å². The maximum Gasteiger partial charge on any atom is 0.270 e. The lowest BCUT2D eigenvalue weighted by Crippen LogP contribution is -2.42. The van der Waals surface area contributed by atoms with Crippen LogP contribution in [0.15, 0.2) is 12.2 Å². The van der Waals surface area contributed by atoms with Crippen LogP contribution in [0.2, 0.25) is 0 Å². The van der Waals surface area contributed by atoms with Gasteiger partial charge in [0.2, 0.25) is 0 Å². The molecule has 0 bridgehead atoms. The van der Waals surface area contributed by atoms with Crippen molar-refractivity contribution in [1.29, 1.82) is 0 Å². The summed E-state index contributed by atoms with van der Waals surface area (Å²) in [5.74, 6) is 1.73. The summed E-state index contributed by atoms with van der Waals surface area (Å²) in [6.07, 6.45) is 14.0. The molecule has 0 spiro atoms. The third-order valence-corrected chi connectivity index (χ3v) is 8.93. The molecule has 5 nitrogen and oxygen atoms in total. The second kappa shape index (κ2) is 11.2. The summed E-state index contributed by atoms with van der Waals surface area (Å²) >= 11 is 0. The Kier molecular flexibility index (Phi) is 9.54. The second-order valence-corrected chi connectivity index (χ2v) is 13.9. The Labute approximate surface area is 214 Å². The van der Waals surface area contributed by atoms with E-state index < -0.39 is 20.5 Å². The highest BCUT2D eigenvalue weighted by atomic mass is 32.2. The van der Waals surface area contributed by atoms with Gasteiger partial charge in [0.1, 0.15) is 22.7 Å². The van der Waals surface area contributed by atoms with Crippen molar-refractivity contribution in [3.8, 4) is 11.5 Å². The lowest BCUT2D eigenvalue weighted by Gasteiger charge is -2.38. The molecule has 1 heterocycles. The van der Waals surface area contributed by atoms with Gasteiger partial charge in [-0.25, -0.2) is 0 Å². The molecular weight excluding hydrogens is 460 g/mol. The molecule has 1 aliphatic heterocycles. The summed E-state index contributed by atoms with van der Waals surface area (Å²) in [7, 11) is -4.21. The fourth-order valence-electron chi connectivity index (χ4n) is 5.15. The average molecular weight is 509 g/mol. The van der Waals surface area contributed by atoms with Crippen molar-refractivity contribution < 1.29 is 22.4 Å². The second-order valence-electron chi connectivity index (χ2n) is 11.8. The van der Waals surface area contributed by atoms with Crippen LogP contribution in [0.3, 0.4) is 0 Å². The highest BCUT2D eigenvalue weighted by molar-refractivity contribution is 7.87. The van der Waals surface area contributed by atoms with E-state index in [0.717, 1.165) is 47.5 Å². The molecule has 1 atom stereocenters. The van der Waals surface area contributed by atoms with Crippen molar-refractivity contribution in [2.24, 2.45) is 0 Å². The van der Waals surface area contributed by atoms with Crippen molar-refractivity contribution >= 4 is 10.1 Å². The number of benzene rings is 1. The van der Waals surface area contributed by atoms with E-state index >= 15 is 0 Å². The first-order chi connectivity index (χ1) is 16.0. The van der Waals surface area contributed by atoms with Crippen LogP contribution in [-0.2, 0) is 16.5 Å². The van der Waals surface area contributed by atoms with Gasteiger partial charge in [0.05, 0.1) is 4.75 Å². The minimum absolute atomic E-state index is 0.158. The third kappa shape index (κ3) is 7.48. The molecule has 35 heavy (non-hydrogen) atoms. The molecule has 1 aromatic carbocycles. The molecule has 0 fully saturated rings. The van der Waals surface area contributed by atoms with Crippen LogP contribution in [-0.4, -0.2) is 28.9 Å². The number of hydrogen-bond acceptors (Lipinski definition) is 4. The predicted molar refractivity (Wildman–Crippen MR) is 145 cm³/mol. The number of fused-ring (bicyclic) bond motifs is 1. The zero-order valence-electron chi connectivity index (χ0n) is 23.5. The van der Waals surface area contributed by atoms with Gasteiger partial charge in [0.15, 0.2) is 0 Å². The lowest BCUT2D eigenvalue weighted by atomic mass is 9.86. The minimum atomic E-state index is -4.21. The first-order valence-corrected chi connectivity index (χ1v) is 14.6. The van der Waals surface area contributed by atoms with Crippen LogP contribution in [0.5, 0.6) is 11.5 Å². The fraction of sp³-hybridized carbons (Fsp3) is 0.724. The molecule has 0 saturated carbocycles. The molecular formula is C29H48O5S. The summed E-state index contributed by atoms with van der Waals surface area (Å²) < 4.78 is 45.1. The molecule has 0 amide bonds. The van der Waals surface area contributed by atoms with Gasteiger partial charge in [0, 0.05) is 12.0 Å². The quantitative estimate of drug-likeness (QED) is 0.177. The van der Waals surface area contributed by atoms with E-state index in [0.29, 0.717) is 0 Å². The first kappa shape index (κ1) is 29.7. The molecule has 1 aromatic rings. The van der Waals surface area contributed by atoms with Crippen LogP contribution < -0.4 is 9.47 Å². The average Bonchev–Trinajstić information content (AvgIpc) is 2.73. The molecule has 1 aliphatic rings. The standard InChI is InChI=1S/C29H48O5S/c1-10-11-12-13-14-15-16-18-29(9)19-17-24-23(4)25(21(2)22(3)26(24)34-29)33-27(5,6)20-28(7,8)35(30,31)32/h16,18H,10-15,17,19-20H2,1-9H3,(H,30,31,32). The van der Waals surface area contributed by atoms with E-state index in [2.05, 4.69) is 39.8 Å². The van der Waals surface area contributed by atoms with Crippen LogP contribution >= 0.6 is 0 Å². The normalized spacial score (nSPS) is 19.0. The highest BCUT2D eigenvalue weighted by Gasteiger charge is 2.40. The number of rotatable bonds is 12.